The molecule has 2 rings (SSSR count). The Morgan fingerprint density at radius 1 is 1.22 bits per heavy atom. The van der Waals surface area contributed by atoms with Crippen LogP contribution in [0.1, 0.15) is 12.0 Å². The van der Waals surface area contributed by atoms with Crippen LogP contribution in [0.5, 0.6) is 0 Å². The standard InChI is InChI=1S/C15H15N3/c1-12-5-2-3-6-13(12)14-7-10-17-11-15(14)18-9-4-8-16/h2-3,5-7,10-11,18H,4,9H2,1H3. The SMILES string of the molecule is Cc1ccccc1-c1ccncc1NCCC#N. The summed E-state index contributed by atoms with van der Waals surface area (Å²) in [7, 11) is 0. The summed E-state index contributed by atoms with van der Waals surface area (Å²) in [5.41, 5.74) is 4.52. The minimum absolute atomic E-state index is 0.488. The number of nitrogens with one attached hydrogen (secondary N) is 1. The van der Waals surface area contributed by atoms with E-state index in [1.54, 1.807) is 12.4 Å². The van der Waals surface area contributed by atoms with E-state index in [1.165, 1.54) is 11.1 Å². The number of anilines is 1. The van der Waals surface area contributed by atoms with Crippen molar-refractivity contribution in [2.24, 2.45) is 0 Å². The molecule has 0 radical (unpaired) electrons. The second-order valence-electron chi connectivity index (χ2n) is 4.07. The number of benzene rings is 1. The zero-order valence-electron chi connectivity index (χ0n) is 10.4. The van der Waals surface area contributed by atoms with Crippen molar-refractivity contribution in [2.75, 3.05) is 11.9 Å². The molecule has 0 bridgehead atoms. The van der Waals surface area contributed by atoms with Crippen molar-refractivity contribution in [3.8, 4) is 17.2 Å². The van der Waals surface area contributed by atoms with Crippen molar-refractivity contribution < 1.29 is 0 Å². The van der Waals surface area contributed by atoms with Crippen LogP contribution >= 0.6 is 0 Å². The zero-order chi connectivity index (χ0) is 12.8. The molecule has 0 fully saturated rings. The molecular formula is C15H15N3. The number of aromatic nitrogens is 1. The predicted octanol–water partition coefficient (Wildman–Crippen LogP) is 3.38. The lowest BCUT2D eigenvalue weighted by Crippen LogP contribution is -2.02. The molecule has 1 N–H and O–H groups in total. The maximum atomic E-state index is 8.57. The second-order valence-corrected chi connectivity index (χ2v) is 4.07. The molecule has 0 aliphatic heterocycles. The van der Waals surface area contributed by atoms with Crippen LogP contribution in [0.3, 0.4) is 0 Å². The van der Waals surface area contributed by atoms with Crippen LogP contribution in [-0.2, 0) is 0 Å². The van der Waals surface area contributed by atoms with Crippen molar-refractivity contribution in [1.82, 2.24) is 4.98 Å². The monoisotopic (exact) mass is 237 g/mol. The Morgan fingerprint density at radius 2 is 2.06 bits per heavy atom. The fourth-order valence-corrected chi connectivity index (χ4v) is 1.90. The first-order chi connectivity index (χ1) is 8.83. The summed E-state index contributed by atoms with van der Waals surface area (Å²) in [5.74, 6) is 0. The summed E-state index contributed by atoms with van der Waals surface area (Å²) in [6.07, 6.45) is 4.08. The molecule has 1 aromatic heterocycles. The fraction of sp³-hybridized carbons (Fsp3) is 0.200. The van der Waals surface area contributed by atoms with E-state index in [4.69, 9.17) is 5.26 Å². The Balaban J connectivity index is 2.33. The molecule has 0 aliphatic carbocycles. The van der Waals surface area contributed by atoms with Gasteiger partial charge in [-0.2, -0.15) is 5.26 Å². The van der Waals surface area contributed by atoms with Gasteiger partial charge in [0, 0.05) is 18.3 Å². The molecule has 0 amide bonds. The minimum atomic E-state index is 0.488. The fourth-order valence-electron chi connectivity index (χ4n) is 1.90. The normalized spacial score (nSPS) is 9.78. The number of pyridine rings is 1. The highest BCUT2D eigenvalue weighted by atomic mass is 14.9. The van der Waals surface area contributed by atoms with Crippen LogP contribution in [-0.4, -0.2) is 11.5 Å². The van der Waals surface area contributed by atoms with E-state index in [1.807, 2.05) is 18.2 Å². The highest BCUT2D eigenvalue weighted by Gasteiger charge is 2.06. The molecular weight excluding hydrogens is 222 g/mol. The molecule has 0 spiro atoms. The first-order valence-electron chi connectivity index (χ1n) is 5.94. The Kier molecular flexibility index (Phi) is 3.93. The van der Waals surface area contributed by atoms with Gasteiger partial charge in [0.1, 0.15) is 0 Å². The predicted molar refractivity (Wildman–Crippen MR) is 73.1 cm³/mol. The van der Waals surface area contributed by atoms with Gasteiger partial charge in [-0.15, -0.1) is 0 Å². The number of nitriles is 1. The molecule has 1 aromatic carbocycles. The van der Waals surface area contributed by atoms with Crippen LogP contribution in [0.2, 0.25) is 0 Å². The smallest absolute Gasteiger partial charge is 0.0640 e. The molecule has 90 valence electrons. The summed E-state index contributed by atoms with van der Waals surface area (Å²) >= 11 is 0. The molecule has 0 aliphatic rings. The van der Waals surface area contributed by atoms with Gasteiger partial charge in [-0.3, -0.25) is 4.98 Å². The van der Waals surface area contributed by atoms with Crippen molar-refractivity contribution in [3.05, 3.63) is 48.3 Å². The van der Waals surface area contributed by atoms with Gasteiger partial charge < -0.3 is 5.32 Å². The van der Waals surface area contributed by atoms with Crippen LogP contribution in [0.25, 0.3) is 11.1 Å². The molecule has 3 nitrogen and oxygen atoms in total. The van der Waals surface area contributed by atoms with E-state index in [9.17, 15) is 0 Å². The van der Waals surface area contributed by atoms with Gasteiger partial charge in [-0.05, 0) is 24.1 Å². The quantitative estimate of drug-likeness (QED) is 0.829. The van der Waals surface area contributed by atoms with Gasteiger partial charge in [0.05, 0.1) is 24.4 Å². The first kappa shape index (κ1) is 12.1. The lowest BCUT2D eigenvalue weighted by atomic mass is 10.0. The maximum absolute atomic E-state index is 8.57. The minimum Gasteiger partial charge on any atom is -0.382 e. The Hall–Kier alpha value is -2.34. The molecule has 3 heteroatoms. The third kappa shape index (κ3) is 2.67. The lowest BCUT2D eigenvalue weighted by molar-refractivity contribution is 1.07. The molecule has 18 heavy (non-hydrogen) atoms. The first-order valence-corrected chi connectivity index (χ1v) is 5.94. The van der Waals surface area contributed by atoms with Crippen molar-refractivity contribution in [2.45, 2.75) is 13.3 Å². The van der Waals surface area contributed by atoms with Gasteiger partial charge in [-0.1, -0.05) is 24.3 Å². The number of nitrogens with zero attached hydrogens (tertiary/aromatic N) is 2. The van der Waals surface area contributed by atoms with Gasteiger partial charge in [0.2, 0.25) is 0 Å². The largest absolute Gasteiger partial charge is 0.382 e. The van der Waals surface area contributed by atoms with Gasteiger partial charge in [0.25, 0.3) is 0 Å². The summed E-state index contributed by atoms with van der Waals surface area (Å²) in [6.45, 7) is 2.73. The van der Waals surface area contributed by atoms with E-state index in [2.05, 4.69) is 35.4 Å². The maximum Gasteiger partial charge on any atom is 0.0640 e. The van der Waals surface area contributed by atoms with Crippen molar-refractivity contribution in [3.63, 3.8) is 0 Å². The van der Waals surface area contributed by atoms with Crippen LogP contribution in [0, 0.1) is 18.3 Å². The number of rotatable bonds is 4. The molecule has 2 aromatic rings. The van der Waals surface area contributed by atoms with E-state index in [0.29, 0.717) is 13.0 Å². The van der Waals surface area contributed by atoms with Crippen LogP contribution in [0.4, 0.5) is 5.69 Å². The third-order valence-electron chi connectivity index (χ3n) is 2.81. The summed E-state index contributed by atoms with van der Waals surface area (Å²) in [6, 6.07) is 12.4. The van der Waals surface area contributed by atoms with E-state index in [-0.39, 0.29) is 0 Å². The summed E-state index contributed by atoms with van der Waals surface area (Å²) in [4.78, 5) is 4.13. The third-order valence-corrected chi connectivity index (χ3v) is 2.81. The van der Waals surface area contributed by atoms with Gasteiger partial charge >= 0.3 is 0 Å². The van der Waals surface area contributed by atoms with Gasteiger partial charge in [0.15, 0.2) is 0 Å². The topological polar surface area (TPSA) is 48.7 Å². The summed E-state index contributed by atoms with van der Waals surface area (Å²) in [5, 5.41) is 11.8. The number of hydrogen-bond acceptors (Lipinski definition) is 3. The van der Waals surface area contributed by atoms with Crippen LogP contribution < -0.4 is 5.32 Å². The molecule has 0 unspecified atom stereocenters. The highest BCUT2D eigenvalue weighted by molar-refractivity contribution is 5.79. The van der Waals surface area contributed by atoms with Crippen molar-refractivity contribution in [1.29, 1.82) is 5.26 Å². The van der Waals surface area contributed by atoms with E-state index < -0.39 is 0 Å². The van der Waals surface area contributed by atoms with E-state index >= 15 is 0 Å². The zero-order valence-corrected chi connectivity index (χ0v) is 10.4. The van der Waals surface area contributed by atoms with Crippen LogP contribution in [0.15, 0.2) is 42.7 Å². The Bertz CT molecular complexity index is 570. The highest BCUT2D eigenvalue weighted by Crippen LogP contribution is 2.29. The lowest BCUT2D eigenvalue weighted by Gasteiger charge is -2.12. The average Bonchev–Trinajstić information content (AvgIpc) is 2.40. The number of hydrogen-bond donors (Lipinski definition) is 1. The summed E-state index contributed by atoms with van der Waals surface area (Å²) < 4.78 is 0. The number of aryl methyl sites for hydroxylation is 1. The molecule has 0 atom stereocenters. The van der Waals surface area contributed by atoms with E-state index in [0.717, 1.165) is 11.3 Å². The van der Waals surface area contributed by atoms with Crippen molar-refractivity contribution >= 4 is 5.69 Å². The molecule has 1 heterocycles. The second kappa shape index (κ2) is 5.83. The van der Waals surface area contributed by atoms with Gasteiger partial charge in [-0.25, -0.2) is 0 Å². The molecule has 0 saturated carbocycles. The molecule has 0 saturated heterocycles. The average molecular weight is 237 g/mol. The Morgan fingerprint density at radius 3 is 2.83 bits per heavy atom. The Labute approximate surface area is 107 Å².